The molecule has 0 spiro atoms. The molecular formula is C23H22N2O2S. The van der Waals surface area contributed by atoms with Gasteiger partial charge in [-0.05, 0) is 34.2 Å². The lowest BCUT2D eigenvalue weighted by Gasteiger charge is -2.19. The van der Waals surface area contributed by atoms with Crippen molar-refractivity contribution in [3.05, 3.63) is 89.5 Å². The lowest BCUT2D eigenvalue weighted by Crippen LogP contribution is -2.21. The molecule has 0 amide bonds. The van der Waals surface area contributed by atoms with Crippen molar-refractivity contribution in [2.75, 3.05) is 0 Å². The first-order valence-corrected chi connectivity index (χ1v) is 10.6. The van der Waals surface area contributed by atoms with Gasteiger partial charge in [0.2, 0.25) is 0 Å². The van der Waals surface area contributed by atoms with E-state index in [2.05, 4.69) is 30.7 Å². The molecule has 28 heavy (non-hydrogen) atoms. The van der Waals surface area contributed by atoms with Crippen LogP contribution in [0.15, 0.2) is 82.8 Å². The summed E-state index contributed by atoms with van der Waals surface area (Å²) in [7, 11) is -3.75. The average molecular weight is 391 g/mol. The second kappa shape index (κ2) is 6.60. The van der Waals surface area contributed by atoms with Crippen LogP contribution in [0.25, 0.3) is 11.1 Å². The van der Waals surface area contributed by atoms with E-state index in [-0.39, 0.29) is 10.3 Å². The van der Waals surface area contributed by atoms with Gasteiger partial charge in [0.25, 0.3) is 10.0 Å². The summed E-state index contributed by atoms with van der Waals surface area (Å²) < 4.78 is 25.5. The third-order valence-corrected chi connectivity index (χ3v) is 6.19. The number of hydrogen-bond acceptors (Lipinski definition) is 3. The molecular weight excluding hydrogens is 368 g/mol. The largest absolute Gasteiger partial charge is 0.276 e. The van der Waals surface area contributed by atoms with Gasteiger partial charge in [-0.3, -0.25) is 0 Å². The number of sulfonamides is 1. The van der Waals surface area contributed by atoms with Crippen LogP contribution >= 0.6 is 0 Å². The Labute approximate surface area is 166 Å². The zero-order valence-corrected chi connectivity index (χ0v) is 16.9. The fourth-order valence-electron chi connectivity index (χ4n) is 3.41. The maximum absolute atomic E-state index is 12.8. The smallest absolute Gasteiger partial charge is 0.200 e. The van der Waals surface area contributed by atoms with Crippen molar-refractivity contribution < 1.29 is 8.42 Å². The number of fused-ring (bicyclic) bond motifs is 3. The molecule has 0 radical (unpaired) electrons. The molecule has 0 saturated heterocycles. The Morgan fingerprint density at radius 2 is 1.18 bits per heavy atom. The maximum atomic E-state index is 12.8. The van der Waals surface area contributed by atoms with Gasteiger partial charge in [-0.15, -0.1) is 0 Å². The third-order valence-electron chi connectivity index (χ3n) is 4.96. The Balaban J connectivity index is 1.69. The molecule has 1 aliphatic carbocycles. The maximum Gasteiger partial charge on any atom is 0.276 e. The Hall–Kier alpha value is -2.92. The van der Waals surface area contributed by atoms with Crippen molar-refractivity contribution in [1.29, 1.82) is 0 Å². The molecule has 4 rings (SSSR count). The second-order valence-electron chi connectivity index (χ2n) is 7.92. The van der Waals surface area contributed by atoms with Gasteiger partial charge in [-0.25, -0.2) is 0 Å². The first kappa shape index (κ1) is 18.4. The molecule has 1 aliphatic rings. The van der Waals surface area contributed by atoms with E-state index in [1.165, 1.54) is 0 Å². The van der Waals surface area contributed by atoms with Crippen molar-refractivity contribution in [3.63, 3.8) is 0 Å². The van der Waals surface area contributed by atoms with E-state index >= 15 is 0 Å². The highest BCUT2D eigenvalue weighted by atomic mass is 32.2. The van der Waals surface area contributed by atoms with Crippen LogP contribution in [-0.4, -0.2) is 14.1 Å². The van der Waals surface area contributed by atoms with Crippen LogP contribution in [0.1, 0.15) is 37.5 Å². The predicted molar refractivity (Wildman–Crippen MR) is 113 cm³/mol. The highest BCUT2D eigenvalue weighted by molar-refractivity contribution is 7.89. The number of nitrogens with one attached hydrogen (secondary N) is 1. The molecule has 0 aliphatic heterocycles. The van der Waals surface area contributed by atoms with Crippen LogP contribution in [0.3, 0.4) is 0 Å². The summed E-state index contributed by atoms with van der Waals surface area (Å²) in [4.78, 5) is 2.62. The molecule has 0 atom stereocenters. The molecule has 0 aromatic heterocycles. The quantitative estimate of drug-likeness (QED) is 0.516. The number of hydrazone groups is 1. The fraction of sp³-hybridized carbons (Fsp3) is 0.174. The Bertz CT molecular complexity index is 1120. The van der Waals surface area contributed by atoms with Gasteiger partial charge < -0.3 is 0 Å². The SMILES string of the molecule is CC(C)(C)c1ccc(S(=O)(=O)NN=C2c3ccccc3-c3ccccc32)cc1. The van der Waals surface area contributed by atoms with Gasteiger partial charge in [0.15, 0.2) is 0 Å². The molecule has 0 fully saturated rings. The van der Waals surface area contributed by atoms with Crippen LogP contribution in [0.4, 0.5) is 0 Å². The third kappa shape index (κ3) is 3.22. The van der Waals surface area contributed by atoms with Gasteiger partial charge in [0, 0.05) is 11.1 Å². The lowest BCUT2D eigenvalue weighted by molar-refractivity contribution is 0.580. The minimum Gasteiger partial charge on any atom is -0.200 e. The molecule has 0 bridgehead atoms. The Morgan fingerprint density at radius 1 is 0.714 bits per heavy atom. The van der Waals surface area contributed by atoms with Crippen LogP contribution in [0.5, 0.6) is 0 Å². The summed E-state index contributed by atoms with van der Waals surface area (Å²) in [6, 6.07) is 22.7. The minimum atomic E-state index is -3.75. The molecule has 1 N–H and O–H groups in total. The predicted octanol–water partition coefficient (Wildman–Crippen LogP) is 4.70. The monoisotopic (exact) mass is 390 g/mol. The molecule has 4 nitrogen and oxygen atoms in total. The van der Waals surface area contributed by atoms with E-state index in [4.69, 9.17) is 0 Å². The topological polar surface area (TPSA) is 58.5 Å². The molecule has 0 unspecified atom stereocenters. The van der Waals surface area contributed by atoms with Crippen molar-refractivity contribution in [2.45, 2.75) is 31.1 Å². The average Bonchev–Trinajstić information content (AvgIpc) is 3.00. The van der Waals surface area contributed by atoms with Gasteiger partial charge in [0.1, 0.15) is 0 Å². The summed E-state index contributed by atoms with van der Waals surface area (Å²) in [5, 5.41) is 4.30. The second-order valence-corrected chi connectivity index (χ2v) is 9.58. The van der Waals surface area contributed by atoms with E-state index < -0.39 is 10.0 Å². The highest BCUT2D eigenvalue weighted by Crippen LogP contribution is 2.36. The van der Waals surface area contributed by atoms with E-state index in [1.807, 2.05) is 60.7 Å². The van der Waals surface area contributed by atoms with Crippen molar-refractivity contribution >= 4 is 15.7 Å². The van der Waals surface area contributed by atoms with Crippen molar-refractivity contribution in [1.82, 2.24) is 4.83 Å². The van der Waals surface area contributed by atoms with Crippen LogP contribution in [0, 0.1) is 0 Å². The highest BCUT2D eigenvalue weighted by Gasteiger charge is 2.25. The number of hydrogen-bond donors (Lipinski definition) is 1. The van der Waals surface area contributed by atoms with Gasteiger partial charge in [-0.2, -0.15) is 18.4 Å². The van der Waals surface area contributed by atoms with Crippen molar-refractivity contribution in [2.24, 2.45) is 5.10 Å². The van der Waals surface area contributed by atoms with Crippen LogP contribution in [0.2, 0.25) is 0 Å². The molecule has 0 saturated carbocycles. The van der Waals surface area contributed by atoms with Gasteiger partial charge >= 0.3 is 0 Å². The molecule has 5 heteroatoms. The first-order chi connectivity index (χ1) is 13.3. The minimum absolute atomic E-state index is 0.0345. The van der Waals surface area contributed by atoms with E-state index in [0.29, 0.717) is 5.71 Å². The Kier molecular flexibility index (Phi) is 4.35. The molecule has 0 heterocycles. The summed E-state index contributed by atoms with van der Waals surface area (Å²) in [5.41, 5.74) is 5.66. The number of rotatable bonds is 3. The zero-order valence-electron chi connectivity index (χ0n) is 16.1. The summed E-state index contributed by atoms with van der Waals surface area (Å²) in [6.07, 6.45) is 0. The standard InChI is InChI=1S/C23H22N2O2S/c1-23(2,3)16-12-14-17(15-13-16)28(26,27)25-24-22-20-10-6-4-8-18(20)19-9-5-7-11-21(19)22/h4-15,25H,1-3H3. The first-order valence-electron chi connectivity index (χ1n) is 9.16. The van der Waals surface area contributed by atoms with Crippen LogP contribution in [-0.2, 0) is 15.4 Å². The fourth-order valence-corrected chi connectivity index (χ4v) is 4.22. The molecule has 142 valence electrons. The summed E-state index contributed by atoms with van der Waals surface area (Å²) >= 11 is 0. The number of nitrogens with zero attached hydrogens (tertiary/aromatic N) is 1. The van der Waals surface area contributed by atoms with E-state index in [0.717, 1.165) is 27.8 Å². The van der Waals surface area contributed by atoms with E-state index in [1.54, 1.807) is 12.1 Å². The van der Waals surface area contributed by atoms with Gasteiger partial charge in [-0.1, -0.05) is 81.4 Å². The molecule has 3 aromatic carbocycles. The van der Waals surface area contributed by atoms with E-state index in [9.17, 15) is 8.42 Å². The lowest BCUT2D eigenvalue weighted by atomic mass is 9.87. The van der Waals surface area contributed by atoms with Crippen LogP contribution < -0.4 is 4.83 Å². The zero-order chi connectivity index (χ0) is 19.9. The number of benzene rings is 3. The Morgan fingerprint density at radius 3 is 1.64 bits per heavy atom. The van der Waals surface area contributed by atoms with Gasteiger partial charge in [0.05, 0.1) is 10.6 Å². The molecule has 3 aromatic rings. The summed E-state index contributed by atoms with van der Waals surface area (Å²) in [5.74, 6) is 0. The van der Waals surface area contributed by atoms with Crippen molar-refractivity contribution in [3.8, 4) is 11.1 Å². The summed E-state index contributed by atoms with van der Waals surface area (Å²) in [6.45, 7) is 6.28. The normalized spacial score (nSPS) is 13.0.